The molecule has 30 heavy (non-hydrogen) atoms. The average Bonchev–Trinajstić information content (AvgIpc) is 3.11. The number of esters is 1. The largest absolute Gasteiger partial charge is 0.466 e. The van der Waals surface area contributed by atoms with Gasteiger partial charge >= 0.3 is 12.1 Å². The Morgan fingerprint density at radius 2 is 1.93 bits per heavy atom. The second kappa shape index (κ2) is 8.51. The molecule has 0 saturated heterocycles. The lowest BCUT2D eigenvalue weighted by molar-refractivity contribution is -0.139. The van der Waals surface area contributed by atoms with Crippen molar-refractivity contribution in [2.24, 2.45) is 0 Å². The van der Waals surface area contributed by atoms with Gasteiger partial charge in [-0.2, -0.15) is 13.2 Å². The number of nitrogens with zero attached hydrogens (tertiary/aromatic N) is 3. The van der Waals surface area contributed by atoms with Crippen molar-refractivity contribution >= 4 is 11.9 Å². The van der Waals surface area contributed by atoms with Crippen LogP contribution in [0.2, 0.25) is 0 Å². The van der Waals surface area contributed by atoms with E-state index in [1.165, 1.54) is 25.3 Å². The number of fused-ring (bicyclic) bond motifs is 1. The Morgan fingerprint density at radius 1 is 1.27 bits per heavy atom. The molecule has 2 aromatic rings. The zero-order valence-electron chi connectivity index (χ0n) is 17.4. The Balaban J connectivity index is 2.26. The number of aromatic nitrogens is 2. The van der Waals surface area contributed by atoms with E-state index >= 15 is 0 Å². The number of ether oxygens (including phenoxy) is 1. The SMILES string of the molecule is CCN(CC)Cc1cnc2n1C(c1ccccc1C(F)(F)F)C(C(=O)OC)=C(C)N2. The van der Waals surface area contributed by atoms with Crippen molar-refractivity contribution in [2.75, 3.05) is 25.5 Å². The van der Waals surface area contributed by atoms with Gasteiger partial charge in [0.05, 0.1) is 36.2 Å². The van der Waals surface area contributed by atoms with E-state index in [9.17, 15) is 18.0 Å². The Kier molecular flexibility index (Phi) is 6.21. The molecule has 0 spiro atoms. The van der Waals surface area contributed by atoms with Crippen LogP contribution in [0.3, 0.4) is 0 Å². The predicted octanol–water partition coefficient (Wildman–Crippen LogP) is 4.21. The Hall–Kier alpha value is -2.81. The second-order valence-electron chi connectivity index (χ2n) is 7.05. The fourth-order valence-electron chi connectivity index (χ4n) is 3.80. The minimum Gasteiger partial charge on any atom is -0.466 e. The Labute approximate surface area is 173 Å². The number of rotatable bonds is 6. The molecule has 1 unspecified atom stereocenters. The molecule has 3 rings (SSSR count). The summed E-state index contributed by atoms with van der Waals surface area (Å²) < 4.78 is 48.2. The average molecular weight is 422 g/mol. The summed E-state index contributed by atoms with van der Waals surface area (Å²) in [4.78, 5) is 19.2. The van der Waals surface area contributed by atoms with E-state index in [2.05, 4.69) is 15.2 Å². The molecule has 0 fully saturated rings. The maximum absolute atomic E-state index is 13.9. The van der Waals surface area contributed by atoms with Crippen LogP contribution in [-0.2, 0) is 22.3 Å². The molecule has 1 aromatic heterocycles. The zero-order valence-corrected chi connectivity index (χ0v) is 17.4. The molecular weight excluding hydrogens is 397 g/mol. The first-order chi connectivity index (χ1) is 14.2. The van der Waals surface area contributed by atoms with Gasteiger partial charge in [-0.1, -0.05) is 32.0 Å². The topological polar surface area (TPSA) is 59.4 Å². The Bertz CT molecular complexity index is 961. The molecule has 0 radical (unpaired) electrons. The number of alkyl halides is 3. The number of allylic oxidation sites excluding steroid dienone is 1. The van der Waals surface area contributed by atoms with E-state index in [1.807, 2.05) is 13.8 Å². The summed E-state index contributed by atoms with van der Waals surface area (Å²) in [7, 11) is 1.22. The van der Waals surface area contributed by atoms with Gasteiger partial charge in [0.15, 0.2) is 0 Å². The van der Waals surface area contributed by atoms with Crippen LogP contribution in [0, 0.1) is 0 Å². The summed E-state index contributed by atoms with van der Waals surface area (Å²) in [6.45, 7) is 7.68. The fourth-order valence-corrected chi connectivity index (χ4v) is 3.80. The summed E-state index contributed by atoms with van der Waals surface area (Å²) in [5, 5.41) is 3.04. The number of hydrogen-bond acceptors (Lipinski definition) is 5. The molecule has 0 amide bonds. The van der Waals surface area contributed by atoms with Gasteiger partial charge in [0.25, 0.3) is 0 Å². The zero-order chi connectivity index (χ0) is 22.1. The number of hydrogen-bond donors (Lipinski definition) is 1. The van der Waals surface area contributed by atoms with Crippen LogP contribution in [0.1, 0.15) is 43.6 Å². The molecule has 0 bridgehead atoms. The number of benzene rings is 1. The van der Waals surface area contributed by atoms with E-state index in [4.69, 9.17) is 4.74 Å². The molecule has 0 aliphatic carbocycles. The number of imidazole rings is 1. The molecule has 1 aromatic carbocycles. The molecule has 162 valence electrons. The summed E-state index contributed by atoms with van der Waals surface area (Å²) in [5.41, 5.74) is 0.430. The molecular formula is C21H25F3N4O2. The van der Waals surface area contributed by atoms with Crippen LogP contribution < -0.4 is 5.32 Å². The van der Waals surface area contributed by atoms with Gasteiger partial charge in [0.1, 0.15) is 0 Å². The number of carbonyl (C=O) groups is 1. The van der Waals surface area contributed by atoms with Crippen LogP contribution in [0.5, 0.6) is 0 Å². The highest BCUT2D eigenvalue weighted by Gasteiger charge is 2.41. The predicted molar refractivity (Wildman–Crippen MR) is 107 cm³/mol. The minimum absolute atomic E-state index is 0.0219. The van der Waals surface area contributed by atoms with Crippen LogP contribution >= 0.6 is 0 Å². The van der Waals surface area contributed by atoms with E-state index in [0.29, 0.717) is 23.9 Å². The Morgan fingerprint density at radius 3 is 2.53 bits per heavy atom. The number of anilines is 1. The van der Waals surface area contributed by atoms with Gasteiger partial charge in [0.2, 0.25) is 5.95 Å². The van der Waals surface area contributed by atoms with Gasteiger partial charge in [-0.05, 0) is 31.6 Å². The first-order valence-electron chi connectivity index (χ1n) is 9.73. The smallest absolute Gasteiger partial charge is 0.416 e. The first kappa shape index (κ1) is 21.9. The lowest BCUT2D eigenvalue weighted by Crippen LogP contribution is -2.32. The molecule has 9 heteroatoms. The summed E-state index contributed by atoms with van der Waals surface area (Å²) in [6.07, 6.45) is -2.94. The normalized spacial score (nSPS) is 16.5. The summed E-state index contributed by atoms with van der Waals surface area (Å²) in [5.74, 6) is -0.292. The molecule has 1 aliphatic heterocycles. The van der Waals surface area contributed by atoms with Crippen molar-refractivity contribution in [3.05, 3.63) is 58.6 Å². The van der Waals surface area contributed by atoms with Gasteiger partial charge in [0, 0.05) is 12.2 Å². The van der Waals surface area contributed by atoms with E-state index in [0.717, 1.165) is 19.2 Å². The molecule has 6 nitrogen and oxygen atoms in total. The van der Waals surface area contributed by atoms with E-state index < -0.39 is 23.8 Å². The van der Waals surface area contributed by atoms with Crippen molar-refractivity contribution in [1.82, 2.24) is 14.5 Å². The van der Waals surface area contributed by atoms with Crippen molar-refractivity contribution in [3.8, 4) is 0 Å². The van der Waals surface area contributed by atoms with Crippen LogP contribution in [-0.4, -0.2) is 40.6 Å². The highest BCUT2D eigenvalue weighted by atomic mass is 19.4. The maximum atomic E-state index is 13.9. The monoisotopic (exact) mass is 422 g/mol. The van der Waals surface area contributed by atoms with Crippen LogP contribution in [0.15, 0.2) is 41.7 Å². The van der Waals surface area contributed by atoms with Gasteiger partial charge in [-0.15, -0.1) is 0 Å². The molecule has 0 saturated carbocycles. The van der Waals surface area contributed by atoms with Crippen molar-refractivity contribution in [3.63, 3.8) is 0 Å². The lowest BCUT2D eigenvalue weighted by atomic mass is 9.91. The number of methoxy groups -OCH3 is 1. The lowest BCUT2D eigenvalue weighted by Gasteiger charge is -2.33. The van der Waals surface area contributed by atoms with Gasteiger partial charge in [-0.25, -0.2) is 9.78 Å². The van der Waals surface area contributed by atoms with Crippen LogP contribution in [0.25, 0.3) is 0 Å². The highest BCUT2D eigenvalue weighted by Crippen LogP contribution is 2.43. The van der Waals surface area contributed by atoms with Gasteiger partial charge in [-0.3, -0.25) is 4.90 Å². The summed E-state index contributed by atoms with van der Waals surface area (Å²) in [6, 6.07) is 4.30. The third-order valence-corrected chi connectivity index (χ3v) is 5.35. The molecule has 1 aliphatic rings. The van der Waals surface area contributed by atoms with Crippen molar-refractivity contribution in [2.45, 2.75) is 39.5 Å². The number of nitrogens with one attached hydrogen (secondary N) is 1. The minimum atomic E-state index is -4.57. The van der Waals surface area contributed by atoms with E-state index in [-0.39, 0.29) is 11.1 Å². The molecule has 1 N–H and O–H groups in total. The standard InChI is InChI=1S/C21H25F3N4O2/c1-5-27(6-2)12-14-11-25-20-26-13(3)17(19(29)30-4)18(28(14)20)15-9-7-8-10-16(15)21(22,23)24/h7-11,18H,5-6,12H2,1-4H3,(H,25,26). The highest BCUT2D eigenvalue weighted by molar-refractivity contribution is 5.92. The second-order valence-corrected chi connectivity index (χ2v) is 7.05. The van der Waals surface area contributed by atoms with Crippen molar-refractivity contribution < 1.29 is 22.7 Å². The maximum Gasteiger partial charge on any atom is 0.416 e. The molecule has 2 heterocycles. The fraction of sp³-hybridized carbons (Fsp3) is 0.429. The van der Waals surface area contributed by atoms with E-state index in [1.54, 1.807) is 17.7 Å². The quantitative estimate of drug-likeness (QED) is 0.707. The third-order valence-electron chi connectivity index (χ3n) is 5.35. The summed E-state index contributed by atoms with van der Waals surface area (Å²) >= 11 is 0. The van der Waals surface area contributed by atoms with Crippen LogP contribution in [0.4, 0.5) is 19.1 Å². The number of halogens is 3. The molecule has 1 atom stereocenters. The van der Waals surface area contributed by atoms with Crippen molar-refractivity contribution in [1.29, 1.82) is 0 Å². The third kappa shape index (κ3) is 3.94. The first-order valence-corrected chi connectivity index (χ1v) is 9.73. The van der Waals surface area contributed by atoms with Gasteiger partial charge < -0.3 is 14.6 Å². The number of carbonyl (C=O) groups excluding carboxylic acids is 1.